The van der Waals surface area contributed by atoms with E-state index in [1.807, 2.05) is 13.8 Å². The molecule has 11 heteroatoms. The van der Waals surface area contributed by atoms with E-state index >= 15 is 0 Å². The van der Waals surface area contributed by atoms with Crippen LogP contribution in [0.15, 0.2) is 49.1 Å². The number of hydrazine groups is 2. The molecule has 0 aliphatic carbocycles. The van der Waals surface area contributed by atoms with Gasteiger partial charge in [-0.2, -0.15) is 5.12 Å². The number of carbonyl (C=O) groups excluding carboxylic acids is 1. The van der Waals surface area contributed by atoms with E-state index in [2.05, 4.69) is 31.5 Å². The molecule has 0 spiro atoms. The number of carbonyl (C=O) groups is 1. The molecule has 2 amide bonds. The molecule has 0 saturated heterocycles. The molecule has 9 nitrogen and oxygen atoms in total. The minimum atomic E-state index is -0.530. The molecular formula is C21H21ClFN7O2. The number of aromatic nitrogens is 2. The van der Waals surface area contributed by atoms with Crippen molar-refractivity contribution in [1.82, 2.24) is 20.8 Å². The van der Waals surface area contributed by atoms with Crippen molar-refractivity contribution >= 4 is 45.7 Å². The van der Waals surface area contributed by atoms with E-state index < -0.39 is 18.0 Å². The first kappa shape index (κ1) is 21.6. The monoisotopic (exact) mass is 457 g/mol. The fraction of sp³-hybridized carbons (Fsp3) is 0.190. The van der Waals surface area contributed by atoms with E-state index in [-0.39, 0.29) is 0 Å². The third-order valence-electron chi connectivity index (χ3n) is 4.73. The quantitative estimate of drug-likeness (QED) is 0.433. The minimum Gasteiger partial charge on any atom is -0.374 e. The van der Waals surface area contributed by atoms with Crippen molar-refractivity contribution in [3.05, 3.63) is 65.5 Å². The zero-order valence-electron chi connectivity index (χ0n) is 17.3. The number of anilines is 3. The average molecular weight is 458 g/mol. The van der Waals surface area contributed by atoms with Gasteiger partial charge in [-0.25, -0.2) is 14.2 Å². The number of hydrogen-bond donors (Lipinski definition) is 4. The topological polar surface area (TPSA) is 103 Å². The summed E-state index contributed by atoms with van der Waals surface area (Å²) in [5.41, 5.74) is 7.84. The van der Waals surface area contributed by atoms with Crippen LogP contribution in [0.5, 0.6) is 0 Å². The zero-order valence-corrected chi connectivity index (χ0v) is 18.1. The summed E-state index contributed by atoms with van der Waals surface area (Å²) in [6.45, 7) is 4.16. The first-order valence-electron chi connectivity index (χ1n) is 9.87. The van der Waals surface area contributed by atoms with Crippen molar-refractivity contribution in [2.45, 2.75) is 20.0 Å². The van der Waals surface area contributed by atoms with Gasteiger partial charge in [0.05, 0.1) is 40.4 Å². The standard InChI is InChI=1S/C21H21ClFN7O2/c1-3-32-12(2)19-15-8-13(23)4-5-17(15)24-11-18(19)29-21(31)28-14-9-16(22)20(25-10-14)30-26-6-7-27-30/h4-12,26-27H,3H2,1-2H3,(H2,28,29,31). The summed E-state index contributed by atoms with van der Waals surface area (Å²) in [5, 5.41) is 7.87. The average Bonchev–Trinajstić information content (AvgIpc) is 3.28. The Bertz CT molecular complexity index is 1180. The third kappa shape index (κ3) is 4.51. The Labute approximate surface area is 188 Å². The summed E-state index contributed by atoms with van der Waals surface area (Å²) in [6.07, 6.45) is 5.97. The number of rotatable bonds is 6. The molecule has 1 aliphatic heterocycles. The third-order valence-corrected chi connectivity index (χ3v) is 5.00. The van der Waals surface area contributed by atoms with Gasteiger partial charge in [-0.1, -0.05) is 11.6 Å². The van der Waals surface area contributed by atoms with Gasteiger partial charge >= 0.3 is 6.03 Å². The first-order valence-corrected chi connectivity index (χ1v) is 10.2. The second-order valence-electron chi connectivity index (χ2n) is 6.88. The summed E-state index contributed by atoms with van der Waals surface area (Å²) in [5.74, 6) is 0.0417. The molecule has 3 heterocycles. The molecule has 0 saturated carbocycles. The number of urea groups is 1. The SMILES string of the molecule is CCOC(C)c1c(NC(=O)Nc2cnc(N3NC=CN3)c(Cl)c2)cnc2ccc(F)cc12. The Kier molecular flexibility index (Phi) is 6.24. The number of benzene rings is 1. The lowest BCUT2D eigenvalue weighted by Gasteiger charge is -2.20. The van der Waals surface area contributed by atoms with Crippen LogP contribution in [0.1, 0.15) is 25.5 Å². The van der Waals surface area contributed by atoms with Gasteiger partial charge in [-0.15, -0.1) is 0 Å². The van der Waals surface area contributed by atoms with Crippen molar-refractivity contribution < 1.29 is 13.9 Å². The lowest BCUT2D eigenvalue weighted by Crippen LogP contribution is -2.38. The summed E-state index contributed by atoms with van der Waals surface area (Å²) in [7, 11) is 0. The number of amides is 2. The molecule has 166 valence electrons. The predicted molar refractivity (Wildman–Crippen MR) is 122 cm³/mol. The highest BCUT2D eigenvalue weighted by Crippen LogP contribution is 2.33. The van der Waals surface area contributed by atoms with Crippen LogP contribution in [0.3, 0.4) is 0 Å². The first-order chi connectivity index (χ1) is 15.5. The molecule has 3 aromatic rings. The molecule has 0 bridgehead atoms. The Morgan fingerprint density at radius 1 is 1.22 bits per heavy atom. The maximum absolute atomic E-state index is 13.9. The van der Waals surface area contributed by atoms with Gasteiger partial charge in [0.1, 0.15) is 5.82 Å². The van der Waals surface area contributed by atoms with E-state index in [1.54, 1.807) is 24.5 Å². The van der Waals surface area contributed by atoms with Crippen LogP contribution in [-0.2, 0) is 4.74 Å². The van der Waals surface area contributed by atoms with Crippen molar-refractivity contribution in [2.24, 2.45) is 0 Å². The van der Waals surface area contributed by atoms with Crippen molar-refractivity contribution in [3.63, 3.8) is 0 Å². The van der Waals surface area contributed by atoms with Gasteiger partial charge in [0.25, 0.3) is 0 Å². The molecule has 0 fully saturated rings. The summed E-state index contributed by atoms with van der Waals surface area (Å²) in [6, 6.07) is 5.35. The van der Waals surface area contributed by atoms with E-state index in [9.17, 15) is 9.18 Å². The minimum absolute atomic E-state index is 0.319. The molecule has 1 unspecified atom stereocenters. The molecule has 2 aromatic heterocycles. The Morgan fingerprint density at radius 3 is 2.72 bits per heavy atom. The molecule has 1 atom stereocenters. The maximum Gasteiger partial charge on any atom is 0.323 e. The van der Waals surface area contributed by atoms with E-state index in [0.29, 0.717) is 45.3 Å². The van der Waals surface area contributed by atoms with Crippen LogP contribution in [0.2, 0.25) is 5.02 Å². The number of nitrogens with one attached hydrogen (secondary N) is 4. The number of pyridine rings is 2. The molecule has 4 rings (SSSR count). The molecular weight excluding hydrogens is 437 g/mol. The van der Waals surface area contributed by atoms with Crippen LogP contribution >= 0.6 is 11.6 Å². The van der Waals surface area contributed by atoms with Gasteiger partial charge in [-0.05, 0) is 38.1 Å². The van der Waals surface area contributed by atoms with E-state index in [4.69, 9.17) is 16.3 Å². The Balaban J connectivity index is 1.57. The normalized spacial score (nSPS) is 13.6. The Morgan fingerprint density at radius 2 is 2.00 bits per heavy atom. The highest BCUT2D eigenvalue weighted by molar-refractivity contribution is 6.33. The second-order valence-corrected chi connectivity index (χ2v) is 7.29. The van der Waals surface area contributed by atoms with E-state index in [0.717, 1.165) is 0 Å². The molecule has 0 radical (unpaired) electrons. The highest BCUT2D eigenvalue weighted by Gasteiger charge is 2.19. The largest absolute Gasteiger partial charge is 0.374 e. The zero-order chi connectivity index (χ0) is 22.7. The van der Waals surface area contributed by atoms with Crippen molar-refractivity contribution in [1.29, 1.82) is 0 Å². The lowest BCUT2D eigenvalue weighted by molar-refractivity contribution is 0.0778. The summed E-state index contributed by atoms with van der Waals surface area (Å²) < 4.78 is 19.6. The van der Waals surface area contributed by atoms with E-state index in [1.165, 1.54) is 29.6 Å². The maximum atomic E-state index is 13.9. The van der Waals surface area contributed by atoms with Crippen LogP contribution in [-0.4, -0.2) is 22.6 Å². The number of ether oxygens (including phenoxy) is 1. The smallest absolute Gasteiger partial charge is 0.323 e. The lowest BCUT2D eigenvalue weighted by atomic mass is 10.0. The predicted octanol–water partition coefficient (Wildman–Crippen LogP) is 4.46. The van der Waals surface area contributed by atoms with Crippen LogP contribution in [0.25, 0.3) is 10.9 Å². The van der Waals surface area contributed by atoms with Crippen molar-refractivity contribution in [3.8, 4) is 0 Å². The van der Waals surface area contributed by atoms with Crippen LogP contribution in [0, 0.1) is 5.82 Å². The molecule has 32 heavy (non-hydrogen) atoms. The van der Waals surface area contributed by atoms with Crippen LogP contribution < -0.4 is 26.6 Å². The van der Waals surface area contributed by atoms with Gasteiger partial charge in [0.15, 0.2) is 5.82 Å². The fourth-order valence-electron chi connectivity index (χ4n) is 3.39. The van der Waals surface area contributed by atoms with Crippen LogP contribution in [0.4, 0.5) is 26.4 Å². The van der Waals surface area contributed by atoms with Gasteiger partial charge in [-0.3, -0.25) is 15.8 Å². The second kappa shape index (κ2) is 9.25. The molecule has 1 aliphatic rings. The van der Waals surface area contributed by atoms with Gasteiger partial charge < -0.3 is 15.4 Å². The van der Waals surface area contributed by atoms with Gasteiger partial charge in [0.2, 0.25) is 0 Å². The molecule has 1 aromatic carbocycles. The van der Waals surface area contributed by atoms with Crippen molar-refractivity contribution in [2.75, 3.05) is 22.4 Å². The number of hydrogen-bond acceptors (Lipinski definition) is 7. The summed E-state index contributed by atoms with van der Waals surface area (Å²) >= 11 is 6.29. The fourth-order valence-corrected chi connectivity index (χ4v) is 3.64. The number of fused-ring (bicyclic) bond motifs is 1. The number of nitrogens with zero attached hydrogens (tertiary/aromatic N) is 3. The summed E-state index contributed by atoms with van der Waals surface area (Å²) in [4.78, 5) is 21.3. The van der Waals surface area contributed by atoms with Gasteiger partial charge in [0, 0.05) is 30.0 Å². The Hall–Kier alpha value is -3.63. The number of halogens is 2. The molecule has 4 N–H and O–H groups in total. The highest BCUT2D eigenvalue weighted by atomic mass is 35.5.